The van der Waals surface area contributed by atoms with Crippen LogP contribution in [0.5, 0.6) is 5.75 Å². The van der Waals surface area contributed by atoms with Gasteiger partial charge in [-0.25, -0.2) is 0 Å². The fraction of sp³-hybridized carbons (Fsp3) is 0.167. The first-order valence-corrected chi connectivity index (χ1v) is 9.21. The number of ether oxygens (including phenoxy) is 1. The highest BCUT2D eigenvalue weighted by atomic mass is 16.5. The van der Waals surface area contributed by atoms with Gasteiger partial charge in [-0.2, -0.15) is 5.26 Å². The van der Waals surface area contributed by atoms with Crippen LogP contribution in [0, 0.1) is 11.3 Å². The Morgan fingerprint density at radius 3 is 2.18 bits per heavy atom. The van der Waals surface area contributed by atoms with Gasteiger partial charge in [0.1, 0.15) is 5.75 Å². The molecule has 0 radical (unpaired) electrons. The third-order valence-electron chi connectivity index (χ3n) is 4.40. The van der Waals surface area contributed by atoms with E-state index in [1.54, 1.807) is 12.1 Å². The fourth-order valence-electron chi connectivity index (χ4n) is 2.97. The lowest BCUT2D eigenvalue weighted by Gasteiger charge is -2.20. The highest BCUT2D eigenvalue weighted by Gasteiger charge is 2.15. The van der Waals surface area contributed by atoms with E-state index in [1.807, 2.05) is 60.7 Å². The SMILES string of the molecule is N#CCc1ccc(OCC(=O)NC(Cc2ccccc2)c2ccccc2)cc1. The molecule has 3 aromatic carbocycles. The molecule has 3 rings (SSSR count). The number of rotatable bonds is 8. The van der Waals surface area contributed by atoms with Crippen molar-refractivity contribution in [1.82, 2.24) is 5.32 Å². The molecule has 4 heteroatoms. The lowest BCUT2D eigenvalue weighted by molar-refractivity contribution is -0.123. The second-order valence-electron chi connectivity index (χ2n) is 6.49. The number of benzene rings is 3. The highest BCUT2D eigenvalue weighted by molar-refractivity contribution is 5.78. The van der Waals surface area contributed by atoms with E-state index in [2.05, 4.69) is 23.5 Å². The topological polar surface area (TPSA) is 62.1 Å². The van der Waals surface area contributed by atoms with Gasteiger partial charge in [-0.05, 0) is 35.2 Å². The monoisotopic (exact) mass is 370 g/mol. The number of nitriles is 1. The van der Waals surface area contributed by atoms with Crippen LogP contribution in [0.4, 0.5) is 0 Å². The highest BCUT2D eigenvalue weighted by Crippen LogP contribution is 2.18. The van der Waals surface area contributed by atoms with Gasteiger partial charge in [-0.1, -0.05) is 72.8 Å². The lowest BCUT2D eigenvalue weighted by atomic mass is 9.99. The molecule has 0 spiro atoms. The minimum atomic E-state index is -0.175. The Morgan fingerprint density at radius 2 is 1.54 bits per heavy atom. The normalized spacial score (nSPS) is 11.2. The molecular weight excluding hydrogens is 348 g/mol. The summed E-state index contributed by atoms with van der Waals surface area (Å²) in [6, 6.07) is 29.2. The molecule has 1 unspecified atom stereocenters. The van der Waals surface area contributed by atoms with Gasteiger partial charge in [-0.3, -0.25) is 4.79 Å². The summed E-state index contributed by atoms with van der Waals surface area (Å²) in [5.41, 5.74) is 3.14. The van der Waals surface area contributed by atoms with Gasteiger partial charge in [-0.15, -0.1) is 0 Å². The van der Waals surface area contributed by atoms with Crippen LogP contribution in [0.2, 0.25) is 0 Å². The van der Waals surface area contributed by atoms with Crippen LogP contribution < -0.4 is 10.1 Å². The van der Waals surface area contributed by atoms with Crippen LogP contribution in [0.3, 0.4) is 0 Å². The van der Waals surface area contributed by atoms with Gasteiger partial charge in [0.15, 0.2) is 6.61 Å². The van der Waals surface area contributed by atoms with Crippen LogP contribution in [0.25, 0.3) is 0 Å². The summed E-state index contributed by atoms with van der Waals surface area (Å²) in [4.78, 5) is 12.5. The summed E-state index contributed by atoms with van der Waals surface area (Å²) in [6.07, 6.45) is 1.07. The molecule has 140 valence electrons. The van der Waals surface area contributed by atoms with E-state index in [4.69, 9.17) is 10.00 Å². The van der Waals surface area contributed by atoms with Crippen molar-refractivity contribution in [3.63, 3.8) is 0 Å². The molecule has 0 aliphatic carbocycles. The van der Waals surface area contributed by atoms with Gasteiger partial charge in [0.05, 0.1) is 18.5 Å². The van der Waals surface area contributed by atoms with Crippen molar-refractivity contribution in [3.05, 3.63) is 102 Å². The zero-order valence-electron chi connectivity index (χ0n) is 15.5. The Kier molecular flexibility index (Phi) is 6.81. The zero-order chi connectivity index (χ0) is 19.6. The van der Waals surface area contributed by atoms with Crippen molar-refractivity contribution in [2.75, 3.05) is 6.61 Å². The van der Waals surface area contributed by atoms with Gasteiger partial charge < -0.3 is 10.1 Å². The first kappa shape index (κ1) is 19.2. The number of hydrogen-bond donors (Lipinski definition) is 1. The molecule has 0 aliphatic rings. The van der Waals surface area contributed by atoms with Crippen molar-refractivity contribution in [2.24, 2.45) is 0 Å². The second kappa shape index (κ2) is 9.94. The Labute approximate surface area is 165 Å². The summed E-state index contributed by atoms with van der Waals surface area (Å²) >= 11 is 0. The second-order valence-corrected chi connectivity index (χ2v) is 6.49. The molecule has 28 heavy (non-hydrogen) atoms. The maximum Gasteiger partial charge on any atom is 0.258 e. The Hall–Kier alpha value is -3.58. The third-order valence-corrected chi connectivity index (χ3v) is 4.40. The largest absolute Gasteiger partial charge is 0.484 e. The lowest BCUT2D eigenvalue weighted by Crippen LogP contribution is -2.33. The van der Waals surface area contributed by atoms with E-state index in [0.29, 0.717) is 18.6 Å². The molecule has 0 fully saturated rings. The van der Waals surface area contributed by atoms with Crippen molar-refractivity contribution < 1.29 is 9.53 Å². The summed E-state index contributed by atoms with van der Waals surface area (Å²) in [5.74, 6) is 0.432. The summed E-state index contributed by atoms with van der Waals surface area (Å²) in [7, 11) is 0. The van der Waals surface area contributed by atoms with Gasteiger partial charge >= 0.3 is 0 Å². The number of carbonyl (C=O) groups excluding carboxylic acids is 1. The Bertz CT molecular complexity index is 916. The molecule has 0 saturated carbocycles. The molecule has 1 atom stereocenters. The van der Waals surface area contributed by atoms with Gasteiger partial charge in [0.2, 0.25) is 0 Å². The predicted molar refractivity (Wildman–Crippen MR) is 109 cm³/mol. The number of amides is 1. The molecule has 0 aromatic heterocycles. The van der Waals surface area contributed by atoms with Crippen molar-refractivity contribution in [2.45, 2.75) is 18.9 Å². The van der Waals surface area contributed by atoms with E-state index in [-0.39, 0.29) is 18.6 Å². The van der Waals surface area contributed by atoms with Crippen molar-refractivity contribution >= 4 is 5.91 Å². The quantitative estimate of drug-likeness (QED) is 0.645. The summed E-state index contributed by atoms with van der Waals surface area (Å²) in [5, 5.41) is 11.8. The Balaban J connectivity index is 1.61. The smallest absolute Gasteiger partial charge is 0.258 e. The molecule has 0 saturated heterocycles. The number of nitrogens with zero attached hydrogens (tertiary/aromatic N) is 1. The zero-order valence-corrected chi connectivity index (χ0v) is 15.5. The summed E-state index contributed by atoms with van der Waals surface area (Å²) < 4.78 is 5.59. The van der Waals surface area contributed by atoms with Crippen LogP contribution >= 0.6 is 0 Å². The molecule has 3 aromatic rings. The predicted octanol–water partition coefficient (Wildman–Crippen LogP) is 4.23. The molecule has 1 amide bonds. The minimum absolute atomic E-state index is 0.0598. The number of nitrogens with one attached hydrogen (secondary N) is 1. The third kappa shape index (κ3) is 5.72. The van der Waals surface area contributed by atoms with Crippen LogP contribution in [-0.4, -0.2) is 12.5 Å². The number of hydrogen-bond acceptors (Lipinski definition) is 3. The number of carbonyl (C=O) groups is 1. The van der Waals surface area contributed by atoms with E-state index < -0.39 is 0 Å². The molecular formula is C24H22N2O2. The average molecular weight is 370 g/mol. The van der Waals surface area contributed by atoms with Gasteiger partial charge in [0, 0.05) is 0 Å². The van der Waals surface area contributed by atoms with Crippen LogP contribution in [-0.2, 0) is 17.6 Å². The van der Waals surface area contributed by atoms with Crippen molar-refractivity contribution in [3.8, 4) is 11.8 Å². The van der Waals surface area contributed by atoms with Gasteiger partial charge in [0.25, 0.3) is 5.91 Å². The van der Waals surface area contributed by atoms with E-state index in [9.17, 15) is 4.79 Å². The maximum absolute atomic E-state index is 12.5. The molecule has 0 heterocycles. The van der Waals surface area contributed by atoms with E-state index >= 15 is 0 Å². The molecule has 0 bridgehead atoms. The van der Waals surface area contributed by atoms with Crippen LogP contribution in [0.15, 0.2) is 84.9 Å². The standard InChI is InChI=1S/C24H22N2O2/c25-16-15-19-11-13-22(14-12-19)28-18-24(27)26-23(21-9-5-2-6-10-21)17-20-7-3-1-4-8-20/h1-14,23H,15,17-18H2,(H,26,27). The molecule has 4 nitrogen and oxygen atoms in total. The van der Waals surface area contributed by atoms with E-state index in [1.165, 1.54) is 0 Å². The molecule has 0 aliphatic heterocycles. The first-order chi connectivity index (χ1) is 13.7. The van der Waals surface area contributed by atoms with E-state index in [0.717, 1.165) is 16.7 Å². The minimum Gasteiger partial charge on any atom is -0.484 e. The summed E-state index contributed by atoms with van der Waals surface area (Å²) in [6.45, 7) is -0.0598. The van der Waals surface area contributed by atoms with Crippen LogP contribution in [0.1, 0.15) is 22.7 Å². The Morgan fingerprint density at radius 1 is 0.893 bits per heavy atom. The maximum atomic E-state index is 12.5. The fourth-order valence-corrected chi connectivity index (χ4v) is 2.97. The first-order valence-electron chi connectivity index (χ1n) is 9.21. The molecule has 1 N–H and O–H groups in total. The van der Waals surface area contributed by atoms with Crippen molar-refractivity contribution in [1.29, 1.82) is 5.26 Å². The average Bonchev–Trinajstić information content (AvgIpc) is 2.74.